The third-order valence-electron chi connectivity index (χ3n) is 10.4. The number of hydrogen-bond donors (Lipinski definition) is 0. The van der Waals surface area contributed by atoms with E-state index in [1.165, 1.54) is 64.2 Å². The molecule has 0 amide bonds. The minimum atomic E-state index is -3.37. The second-order valence-electron chi connectivity index (χ2n) is 12.8. The highest BCUT2D eigenvalue weighted by Crippen LogP contribution is 2.47. The standard InChI is InChI=1S/C32H48F4O/c1-3-4-22(2)24-9-11-26(12-10-24)28-15-13-27(14-16-28)25-7-5-23(6-8-25)19-20-32(35,36)37-29-17-18-30(33)31(34)21-29/h17-18,21-28H,3-16,19-20H2,1-2H3. The van der Waals surface area contributed by atoms with Crippen molar-refractivity contribution in [3.8, 4) is 5.75 Å². The number of ether oxygens (including phenoxy) is 1. The van der Waals surface area contributed by atoms with Gasteiger partial charge in [0.15, 0.2) is 11.6 Å². The van der Waals surface area contributed by atoms with Crippen LogP contribution in [0, 0.1) is 53.1 Å². The molecular formula is C32H48F4O. The minimum Gasteiger partial charge on any atom is -0.432 e. The van der Waals surface area contributed by atoms with Gasteiger partial charge in [0.25, 0.3) is 0 Å². The van der Waals surface area contributed by atoms with Gasteiger partial charge in [0.05, 0.1) is 6.42 Å². The number of halogens is 4. The highest BCUT2D eigenvalue weighted by molar-refractivity contribution is 5.23. The van der Waals surface area contributed by atoms with E-state index in [2.05, 4.69) is 13.8 Å². The molecule has 1 aromatic rings. The van der Waals surface area contributed by atoms with E-state index in [1.807, 2.05) is 0 Å². The predicted octanol–water partition coefficient (Wildman–Crippen LogP) is 10.6. The van der Waals surface area contributed by atoms with E-state index in [9.17, 15) is 17.6 Å². The van der Waals surface area contributed by atoms with Gasteiger partial charge in [-0.15, -0.1) is 0 Å². The van der Waals surface area contributed by atoms with Crippen LogP contribution in [0.2, 0.25) is 0 Å². The Bertz CT molecular complexity index is 818. The molecule has 5 heteroatoms. The van der Waals surface area contributed by atoms with Gasteiger partial charge < -0.3 is 4.74 Å². The summed E-state index contributed by atoms with van der Waals surface area (Å²) in [6.07, 6.45) is 15.0. The lowest BCUT2D eigenvalue weighted by Crippen LogP contribution is -2.31. The fourth-order valence-corrected chi connectivity index (χ4v) is 8.05. The Labute approximate surface area is 222 Å². The molecule has 4 rings (SSSR count). The first-order valence-corrected chi connectivity index (χ1v) is 15.3. The highest BCUT2D eigenvalue weighted by Gasteiger charge is 2.37. The quantitative estimate of drug-likeness (QED) is 0.277. The van der Waals surface area contributed by atoms with Crippen molar-refractivity contribution >= 4 is 0 Å². The van der Waals surface area contributed by atoms with Gasteiger partial charge in [-0.3, -0.25) is 0 Å². The highest BCUT2D eigenvalue weighted by atomic mass is 19.3. The molecule has 1 unspecified atom stereocenters. The molecule has 210 valence electrons. The SMILES string of the molecule is CCCC(C)C1CCC(C2CCC(C3CCC(CCC(F)(F)Oc4ccc(F)c(F)c4)CC3)CC2)CC1. The van der Waals surface area contributed by atoms with Gasteiger partial charge in [-0.25, -0.2) is 8.78 Å². The summed E-state index contributed by atoms with van der Waals surface area (Å²) in [6, 6.07) is 2.54. The van der Waals surface area contributed by atoms with E-state index >= 15 is 0 Å². The molecule has 3 aliphatic carbocycles. The first-order valence-electron chi connectivity index (χ1n) is 15.3. The molecule has 0 aromatic heterocycles. The Morgan fingerprint density at radius 1 is 0.784 bits per heavy atom. The van der Waals surface area contributed by atoms with E-state index in [1.54, 1.807) is 0 Å². The molecule has 0 saturated heterocycles. The number of benzene rings is 1. The molecule has 3 saturated carbocycles. The smallest absolute Gasteiger partial charge is 0.397 e. The summed E-state index contributed by atoms with van der Waals surface area (Å²) in [4.78, 5) is 0. The van der Waals surface area contributed by atoms with Gasteiger partial charge in [-0.1, -0.05) is 39.5 Å². The Kier molecular flexibility index (Phi) is 10.3. The average Bonchev–Trinajstić information content (AvgIpc) is 2.90. The molecule has 3 aliphatic rings. The maximum atomic E-state index is 14.3. The zero-order valence-electron chi connectivity index (χ0n) is 23.0. The fourth-order valence-electron chi connectivity index (χ4n) is 8.05. The Hall–Kier alpha value is -1.26. The third kappa shape index (κ3) is 8.12. The van der Waals surface area contributed by atoms with Crippen molar-refractivity contribution in [2.75, 3.05) is 0 Å². The summed E-state index contributed by atoms with van der Waals surface area (Å²) in [5.41, 5.74) is 0. The van der Waals surface area contributed by atoms with Crippen molar-refractivity contribution in [3.63, 3.8) is 0 Å². The molecular weight excluding hydrogens is 476 g/mol. The molecule has 0 spiro atoms. The zero-order chi connectivity index (χ0) is 26.4. The van der Waals surface area contributed by atoms with Crippen LogP contribution in [0.1, 0.15) is 117 Å². The zero-order valence-corrected chi connectivity index (χ0v) is 23.0. The lowest BCUT2D eigenvalue weighted by Gasteiger charge is -2.42. The van der Waals surface area contributed by atoms with Crippen LogP contribution in [0.3, 0.4) is 0 Å². The van der Waals surface area contributed by atoms with E-state index in [4.69, 9.17) is 4.74 Å². The van der Waals surface area contributed by atoms with Crippen molar-refractivity contribution in [1.82, 2.24) is 0 Å². The molecule has 0 aliphatic heterocycles. The van der Waals surface area contributed by atoms with Gasteiger partial charge in [-0.05, 0) is 124 Å². The average molecular weight is 525 g/mol. The second kappa shape index (κ2) is 13.2. The van der Waals surface area contributed by atoms with E-state index in [-0.39, 0.29) is 12.2 Å². The molecule has 3 fully saturated rings. The number of alkyl halides is 2. The van der Waals surface area contributed by atoms with Crippen LogP contribution >= 0.6 is 0 Å². The van der Waals surface area contributed by atoms with Crippen molar-refractivity contribution in [2.24, 2.45) is 41.4 Å². The Balaban J connectivity index is 1.13. The van der Waals surface area contributed by atoms with Gasteiger partial charge >= 0.3 is 6.11 Å². The van der Waals surface area contributed by atoms with E-state index in [0.29, 0.717) is 18.4 Å². The molecule has 1 atom stereocenters. The summed E-state index contributed by atoms with van der Waals surface area (Å²) in [6.45, 7) is 4.77. The van der Waals surface area contributed by atoms with Crippen molar-refractivity contribution in [1.29, 1.82) is 0 Å². The molecule has 0 heterocycles. The first kappa shape index (κ1) is 28.7. The number of hydrogen-bond acceptors (Lipinski definition) is 1. The van der Waals surface area contributed by atoms with Crippen LogP contribution in [-0.2, 0) is 0 Å². The minimum absolute atomic E-state index is 0.303. The third-order valence-corrected chi connectivity index (χ3v) is 10.4. The van der Waals surface area contributed by atoms with Crippen molar-refractivity contribution < 1.29 is 22.3 Å². The van der Waals surface area contributed by atoms with E-state index in [0.717, 1.165) is 73.3 Å². The van der Waals surface area contributed by atoms with Crippen LogP contribution in [0.15, 0.2) is 18.2 Å². The van der Waals surface area contributed by atoms with Crippen molar-refractivity contribution in [2.45, 2.75) is 123 Å². The molecule has 0 N–H and O–H groups in total. The maximum Gasteiger partial charge on any atom is 0.397 e. The van der Waals surface area contributed by atoms with Gasteiger partial charge in [0.2, 0.25) is 0 Å². The van der Waals surface area contributed by atoms with Crippen LogP contribution in [-0.4, -0.2) is 6.11 Å². The summed E-state index contributed by atoms with van der Waals surface area (Å²) in [5.74, 6) is 3.07. The van der Waals surface area contributed by atoms with Crippen molar-refractivity contribution in [3.05, 3.63) is 29.8 Å². The largest absolute Gasteiger partial charge is 0.432 e. The summed E-state index contributed by atoms with van der Waals surface area (Å²) >= 11 is 0. The van der Waals surface area contributed by atoms with Crippen LogP contribution < -0.4 is 4.74 Å². The van der Waals surface area contributed by atoms with E-state index < -0.39 is 17.7 Å². The topological polar surface area (TPSA) is 9.23 Å². The van der Waals surface area contributed by atoms with Crippen LogP contribution in [0.25, 0.3) is 0 Å². The van der Waals surface area contributed by atoms with Gasteiger partial charge in [0.1, 0.15) is 5.75 Å². The number of rotatable bonds is 10. The maximum absolute atomic E-state index is 14.3. The Morgan fingerprint density at radius 3 is 1.81 bits per heavy atom. The normalized spacial score (nSPS) is 32.2. The Morgan fingerprint density at radius 2 is 1.30 bits per heavy atom. The second-order valence-corrected chi connectivity index (χ2v) is 12.8. The first-order chi connectivity index (χ1) is 17.7. The molecule has 37 heavy (non-hydrogen) atoms. The monoisotopic (exact) mass is 524 g/mol. The lowest BCUT2D eigenvalue weighted by molar-refractivity contribution is -0.183. The van der Waals surface area contributed by atoms with Gasteiger partial charge in [0, 0.05) is 6.07 Å². The summed E-state index contributed by atoms with van der Waals surface area (Å²) in [7, 11) is 0. The summed E-state index contributed by atoms with van der Waals surface area (Å²) in [5, 5.41) is 0. The molecule has 0 radical (unpaired) electrons. The molecule has 1 aromatic carbocycles. The summed E-state index contributed by atoms with van der Waals surface area (Å²) < 4.78 is 59.7. The lowest BCUT2D eigenvalue weighted by atomic mass is 9.64. The predicted molar refractivity (Wildman–Crippen MR) is 142 cm³/mol. The molecule has 1 nitrogen and oxygen atoms in total. The molecule has 0 bridgehead atoms. The fraction of sp³-hybridized carbons (Fsp3) is 0.812. The van der Waals surface area contributed by atoms with Crippen LogP contribution in [0.4, 0.5) is 17.6 Å². The van der Waals surface area contributed by atoms with Crippen LogP contribution in [0.5, 0.6) is 5.75 Å². The van der Waals surface area contributed by atoms with Gasteiger partial charge in [-0.2, -0.15) is 8.78 Å².